The SMILES string of the molecule is CC(C)(C)OC(=O)N1CCc2cc(O)c(NC3CCOCC3)cc2CC1. The Morgan fingerprint density at radius 1 is 1.19 bits per heavy atom. The molecule has 0 spiro atoms. The number of hydrogen-bond acceptors (Lipinski definition) is 5. The van der Waals surface area contributed by atoms with Crippen molar-refractivity contribution in [2.24, 2.45) is 0 Å². The number of rotatable bonds is 2. The van der Waals surface area contributed by atoms with E-state index in [2.05, 4.69) is 5.32 Å². The quantitative estimate of drug-likeness (QED) is 0.790. The van der Waals surface area contributed by atoms with Crippen LogP contribution in [-0.4, -0.2) is 54.0 Å². The summed E-state index contributed by atoms with van der Waals surface area (Å²) in [5.74, 6) is 0.279. The van der Waals surface area contributed by atoms with Crippen molar-refractivity contribution in [1.82, 2.24) is 4.90 Å². The summed E-state index contributed by atoms with van der Waals surface area (Å²) in [4.78, 5) is 14.1. The summed E-state index contributed by atoms with van der Waals surface area (Å²) in [5, 5.41) is 13.9. The van der Waals surface area contributed by atoms with Gasteiger partial charge in [0.2, 0.25) is 0 Å². The minimum Gasteiger partial charge on any atom is -0.506 e. The number of nitrogens with one attached hydrogen (secondary N) is 1. The fourth-order valence-electron chi connectivity index (χ4n) is 3.45. The molecule has 0 aliphatic carbocycles. The molecule has 0 atom stereocenters. The Balaban J connectivity index is 1.68. The van der Waals surface area contributed by atoms with Crippen molar-refractivity contribution < 1.29 is 19.4 Å². The zero-order valence-electron chi connectivity index (χ0n) is 16.0. The maximum absolute atomic E-state index is 12.3. The Morgan fingerprint density at radius 3 is 2.42 bits per heavy atom. The summed E-state index contributed by atoms with van der Waals surface area (Å²) >= 11 is 0. The first-order valence-corrected chi connectivity index (χ1v) is 9.49. The molecule has 0 unspecified atom stereocenters. The summed E-state index contributed by atoms with van der Waals surface area (Å²) in [6, 6.07) is 4.21. The van der Waals surface area contributed by atoms with Gasteiger partial charge in [-0.15, -0.1) is 0 Å². The lowest BCUT2D eigenvalue weighted by molar-refractivity contribution is 0.0258. The molecule has 6 heteroatoms. The van der Waals surface area contributed by atoms with Gasteiger partial charge in [0.15, 0.2) is 0 Å². The van der Waals surface area contributed by atoms with Crippen molar-refractivity contribution >= 4 is 11.8 Å². The van der Waals surface area contributed by atoms with Gasteiger partial charge >= 0.3 is 6.09 Å². The average Bonchev–Trinajstić information content (AvgIpc) is 2.77. The first-order valence-electron chi connectivity index (χ1n) is 9.49. The van der Waals surface area contributed by atoms with E-state index < -0.39 is 5.60 Å². The van der Waals surface area contributed by atoms with Crippen LogP contribution in [0.25, 0.3) is 0 Å². The lowest BCUT2D eigenvalue weighted by Crippen LogP contribution is -2.38. The standard InChI is InChI=1S/C20H30N2O4/c1-20(2,3)26-19(24)22-8-4-14-12-17(18(23)13-15(14)5-9-22)21-16-6-10-25-11-7-16/h12-13,16,21,23H,4-11H2,1-3H3. The second-order valence-electron chi connectivity index (χ2n) is 8.14. The van der Waals surface area contributed by atoms with Gasteiger partial charge in [-0.1, -0.05) is 0 Å². The summed E-state index contributed by atoms with van der Waals surface area (Å²) in [5.41, 5.74) is 2.57. The van der Waals surface area contributed by atoms with Gasteiger partial charge in [0.1, 0.15) is 11.4 Å². The first-order chi connectivity index (χ1) is 12.3. The van der Waals surface area contributed by atoms with Gasteiger partial charge in [-0.2, -0.15) is 0 Å². The van der Waals surface area contributed by atoms with E-state index >= 15 is 0 Å². The van der Waals surface area contributed by atoms with E-state index in [1.807, 2.05) is 32.9 Å². The molecule has 0 radical (unpaired) electrons. The average molecular weight is 362 g/mol. The first kappa shape index (κ1) is 18.8. The van der Waals surface area contributed by atoms with Gasteiger partial charge in [-0.05, 0) is 69.7 Å². The number of carbonyl (C=O) groups excluding carboxylic acids is 1. The number of phenols is 1. The molecule has 1 aromatic carbocycles. The number of fused-ring (bicyclic) bond motifs is 1. The minimum absolute atomic E-state index is 0.268. The lowest BCUT2D eigenvalue weighted by atomic mass is 10.0. The third-order valence-electron chi connectivity index (χ3n) is 4.85. The highest BCUT2D eigenvalue weighted by Crippen LogP contribution is 2.31. The highest BCUT2D eigenvalue weighted by Gasteiger charge is 2.25. The molecule has 26 heavy (non-hydrogen) atoms. The number of anilines is 1. The maximum atomic E-state index is 12.3. The normalized spacial score (nSPS) is 18.8. The predicted molar refractivity (Wildman–Crippen MR) is 101 cm³/mol. The van der Waals surface area contributed by atoms with Crippen molar-refractivity contribution in [2.75, 3.05) is 31.6 Å². The second-order valence-corrected chi connectivity index (χ2v) is 8.14. The molecule has 0 aromatic heterocycles. The van der Waals surface area contributed by atoms with E-state index in [1.54, 1.807) is 4.90 Å². The van der Waals surface area contributed by atoms with E-state index in [1.165, 1.54) is 5.56 Å². The molecule has 1 aromatic rings. The van der Waals surface area contributed by atoms with Crippen LogP contribution in [0.5, 0.6) is 5.75 Å². The number of nitrogens with zero attached hydrogens (tertiary/aromatic N) is 1. The fraction of sp³-hybridized carbons (Fsp3) is 0.650. The molecule has 0 saturated carbocycles. The topological polar surface area (TPSA) is 71.0 Å². The highest BCUT2D eigenvalue weighted by molar-refractivity contribution is 5.68. The fourth-order valence-corrected chi connectivity index (χ4v) is 3.45. The zero-order valence-corrected chi connectivity index (χ0v) is 16.0. The van der Waals surface area contributed by atoms with Gasteiger partial charge in [-0.25, -0.2) is 4.79 Å². The molecule has 144 valence electrons. The number of phenolic OH excluding ortho intramolecular Hbond substituents is 1. The number of aromatic hydroxyl groups is 1. The zero-order chi connectivity index (χ0) is 18.7. The smallest absolute Gasteiger partial charge is 0.410 e. The third-order valence-corrected chi connectivity index (χ3v) is 4.85. The van der Waals surface area contributed by atoms with Crippen molar-refractivity contribution in [3.05, 3.63) is 23.3 Å². The molecular formula is C20H30N2O4. The van der Waals surface area contributed by atoms with Crippen LogP contribution in [0.1, 0.15) is 44.7 Å². The number of carbonyl (C=O) groups is 1. The largest absolute Gasteiger partial charge is 0.506 e. The van der Waals surface area contributed by atoms with Gasteiger partial charge in [0.05, 0.1) is 5.69 Å². The second kappa shape index (κ2) is 7.74. The number of benzene rings is 1. The lowest BCUT2D eigenvalue weighted by Gasteiger charge is -2.26. The van der Waals surface area contributed by atoms with Crippen molar-refractivity contribution in [3.8, 4) is 5.75 Å². The van der Waals surface area contributed by atoms with Gasteiger partial charge in [0.25, 0.3) is 0 Å². The molecule has 2 N–H and O–H groups in total. The summed E-state index contributed by atoms with van der Waals surface area (Å²) in [6.45, 7) is 8.39. The van der Waals surface area contributed by atoms with Crippen LogP contribution < -0.4 is 5.32 Å². The van der Waals surface area contributed by atoms with E-state index in [-0.39, 0.29) is 11.8 Å². The Kier molecular flexibility index (Phi) is 5.61. The molecule has 2 aliphatic heterocycles. The highest BCUT2D eigenvalue weighted by atomic mass is 16.6. The van der Waals surface area contributed by atoms with Crippen molar-refractivity contribution in [3.63, 3.8) is 0 Å². The Hall–Kier alpha value is -1.95. The molecule has 3 rings (SSSR count). The molecular weight excluding hydrogens is 332 g/mol. The van der Waals surface area contributed by atoms with Crippen LogP contribution in [0.3, 0.4) is 0 Å². The maximum Gasteiger partial charge on any atom is 0.410 e. The Bertz CT molecular complexity index is 648. The van der Waals surface area contributed by atoms with Crippen LogP contribution in [0.4, 0.5) is 10.5 Å². The molecule has 0 bridgehead atoms. The van der Waals surface area contributed by atoms with Crippen molar-refractivity contribution in [1.29, 1.82) is 0 Å². The number of amides is 1. The minimum atomic E-state index is -0.491. The summed E-state index contributed by atoms with van der Waals surface area (Å²) < 4.78 is 10.9. The van der Waals surface area contributed by atoms with E-state index in [0.29, 0.717) is 19.1 Å². The summed E-state index contributed by atoms with van der Waals surface area (Å²) in [6.07, 6.45) is 3.11. The van der Waals surface area contributed by atoms with Crippen LogP contribution >= 0.6 is 0 Å². The molecule has 1 fully saturated rings. The third kappa shape index (κ3) is 4.81. The molecule has 2 aliphatic rings. The molecule has 2 heterocycles. The predicted octanol–water partition coefficient (Wildman–Crippen LogP) is 3.32. The molecule has 1 amide bonds. The van der Waals surface area contributed by atoms with Gasteiger partial charge < -0.3 is 24.8 Å². The van der Waals surface area contributed by atoms with Crippen LogP contribution in [0, 0.1) is 0 Å². The van der Waals surface area contributed by atoms with E-state index in [0.717, 1.165) is 50.1 Å². The van der Waals surface area contributed by atoms with E-state index in [4.69, 9.17) is 9.47 Å². The van der Waals surface area contributed by atoms with Crippen LogP contribution in [-0.2, 0) is 22.3 Å². The molecule has 6 nitrogen and oxygen atoms in total. The van der Waals surface area contributed by atoms with Crippen molar-refractivity contribution in [2.45, 2.75) is 58.1 Å². The van der Waals surface area contributed by atoms with Gasteiger partial charge in [0, 0.05) is 32.3 Å². The number of hydrogen-bond donors (Lipinski definition) is 2. The van der Waals surface area contributed by atoms with Crippen LogP contribution in [0.15, 0.2) is 12.1 Å². The number of ether oxygens (including phenoxy) is 2. The van der Waals surface area contributed by atoms with E-state index in [9.17, 15) is 9.90 Å². The Morgan fingerprint density at radius 2 is 1.81 bits per heavy atom. The molecule has 1 saturated heterocycles. The Labute approximate surface area is 155 Å². The van der Waals surface area contributed by atoms with Crippen LogP contribution in [0.2, 0.25) is 0 Å². The monoisotopic (exact) mass is 362 g/mol. The summed E-state index contributed by atoms with van der Waals surface area (Å²) in [7, 11) is 0. The van der Waals surface area contributed by atoms with Gasteiger partial charge in [-0.3, -0.25) is 0 Å².